The van der Waals surface area contributed by atoms with Crippen LogP contribution in [-0.4, -0.2) is 52.4 Å². The number of piperidine rings is 1. The Bertz CT molecular complexity index is 1080. The number of imide groups is 1. The fourth-order valence-corrected chi connectivity index (χ4v) is 4.73. The summed E-state index contributed by atoms with van der Waals surface area (Å²) in [5.74, 6) is 1.85. The van der Waals surface area contributed by atoms with Crippen LogP contribution in [-0.2, 0) is 9.59 Å². The number of hydrogen-bond acceptors (Lipinski definition) is 5. The van der Waals surface area contributed by atoms with Gasteiger partial charge in [0, 0.05) is 5.92 Å². The van der Waals surface area contributed by atoms with Gasteiger partial charge in [0.25, 0.3) is 5.91 Å². The monoisotopic (exact) mass is 432 g/mol. The lowest BCUT2D eigenvalue weighted by Gasteiger charge is -2.34. The Morgan fingerprint density at radius 2 is 1.81 bits per heavy atom. The van der Waals surface area contributed by atoms with Crippen molar-refractivity contribution >= 4 is 28.5 Å². The molecule has 0 aliphatic carbocycles. The van der Waals surface area contributed by atoms with E-state index in [9.17, 15) is 9.59 Å². The molecular weight excluding hydrogens is 404 g/mol. The van der Waals surface area contributed by atoms with Gasteiger partial charge in [-0.2, -0.15) is 0 Å². The highest BCUT2D eigenvalue weighted by atomic mass is 16.5. The van der Waals surface area contributed by atoms with Gasteiger partial charge in [0.1, 0.15) is 11.6 Å². The number of amides is 2. The summed E-state index contributed by atoms with van der Waals surface area (Å²) in [5.41, 5.74) is 2.66. The molecule has 1 unspecified atom stereocenters. The van der Waals surface area contributed by atoms with Crippen LogP contribution in [0.4, 0.5) is 5.69 Å². The molecule has 2 aliphatic rings. The Morgan fingerprint density at radius 1 is 1.06 bits per heavy atom. The van der Waals surface area contributed by atoms with E-state index in [1.807, 2.05) is 36.4 Å². The molecule has 0 bridgehead atoms. The Kier molecular flexibility index (Phi) is 5.66. The first kappa shape index (κ1) is 20.7. The van der Waals surface area contributed by atoms with Gasteiger partial charge in [-0.25, -0.2) is 9.88 Å². The van der Waals surface area contributed by atoms with Crippen molar-refractivity contribution in [1.82, 2.24) is 14.9 Å². The first-order chi connectivity index (χ1) is 15.6. The number of carbonyl (C=O) groups excluding carboxylic acids is 2. The molecule has 0 radical (unpaired) electrons. The highest BCUT2D eigenvalue weighted by Gasteiger charge is 2.43. The minimum Gasteiger partial charge on any atom is -0.494 e. The summed E-state index contributed by atoms with van der Waals surface area (Å²) in [6, 6.07) is 14.9. The van der Waals surface area contributed by atoms with Crippen molar-refractivity contribution in [2.24, 2.45) is 0 Å². The number of fused-ring (bicyclic) bond motifs is 1. The van der Waals surface area contributed by atoms with Crippen LogP contribution in [0.25, 0.3) is 11.0 Å². The lowest BCUT2D eigenvalue weighted by molar-refractivity contribution is -0.123. The SMILES string of the molecule is CCCOc1ccc(N2C(=O)CC(N3CCC(c4nc5ccccc5[nH]4)CC3)C2=O)cc1. The molecular formula is C25H28N4O3. The van der Waals surface area contributed by atoms with Gasteiger partial charge in [-0.15, -0.1) is 0 Å². The lowest BCUT2D eigenvalue weighted by atomic mass is 9.95. The van der Waals surface area contributed by atoms with E-state index in [1.165, 1.54) is 4.90 Å². The average molecular weight is 433 g/mol. The van der Waals surface area contributed by atoms with Crippen molar-refractivity contribution in [3.05, 3.63) is 54.4 Å². The zero-order valence-corrected chi connectivity index (χ0v) is 18.3. The summed E-state index contributed by atoms with van der Waals surface area (Å²) in [7, 11) is 0. The third-order valence-corrected chi connectivity index (χ3v) is 6.46. The van der Waals surface area contributed by atoms with E-state index in [0.717, 1.165) is 55.0 Å². The molecule has 2 aliphatic heterocycles. The topological polar surface area (TPSA) is 78.5 Å². The summed E-state index contributed by atoms with van der Waals surface area (Å²) < 4.78 is 5.60. The van der Waals surface area contributed by atoms with Gasteiger partial charge in [0.2, 0.25) is 5.91 Å². The number of hydrogen-bond donors (Lipinski definition) is 1. The maximum Gasteiger partial charge on any atom is 0.251 e. The van der Waals surface area contributed by atoms with Crippen LogP contribution in [0.15, 0.2) is 48.5 Å². The predicted octanol–water partition coefficient (Wildman–Crippen LogP) is 3.86. The normalized spacial score (nSPS) is 20.4. The molecule has 32 heavy (non-hydrogen) atoms. The third-order valence-electron chi connectivity index (χ3n) is 6.46. The highest BCUT2D eigenvalue weighted by molar-refractivity contribution is 6.22. The number of para-hydroxylation sites is 2. The van der Waals surface area contributed by atoms with E-state index < -0.39 is 0 Å². The Labute approximate surface area is 187 Å². The quantitative estimate of drug-likeness (QED) is 0.599. The van der Waals surface area contributed by atoms with Gasteiger partial charge >= 0.3 is 0 Å². The standard InChI is InChI=1S/C25H28N4O3/c1-2-15-32-19-9-7-18(8-10-19)29-23(30)16-22(25(29)31)28-13-11-17(12-14-28)24-26-20-5-3-4-6-21(20)27-24/h3-10,17,22H,2,11-16H2,1H3,(H,26,27). The molecule has 7 heteroatoms. The number of anilines is 1. The molecule has 2 fully saturated rings. The van der Waals surface area contributed by atoms with Gasteiger partial charge in [0.15, 0.2) is 0 Å². The number of aromatic amines is 1. The van der Waals surface area contributed by atoms with Crippen LogP contribution < -0.4 is 9.64 Å². The molecule has 0 saturated carbocycles. The largest absolute Gasteiger partial charge is 0.494 e. The van der Waals surface area contributed by atoms with E-state index in [2.05, 4.69) is 16.8 Å². The average Bonchev–Trinajstić information content (AvgIpc) is 3.39. The van der Waals surface area contributed by atoms with Crippen LogP contribution in [0.3, 0.4) is 0 Å². The summed E-state index contributed by atoms with van der Waals surface area (Å²) >= 11 is 0. The van der Waals surface area contributed by atoms with Crippen LogP contribution >= 0.6 is 0 Å². The Balaban J connectivity index is 1.23. The number of nitrogens with one attached hydrogen (secondary N) is 1. The van der Waals surface area contributed by atoms with Gasteiger partial charge in [-0.1, -0.05) is 19.1 Å². The van der Waals surface area contributed by atoms with Gasteiger partial charge in [-0.05, 0) is 68.8 Å². The molecule has 1 atom stereocenters. The van der Waals surface area contributed by atoms with E-state index in [-0.39, 0.29) is 24.3 Å². The van der Waals surface area contributed by atoms with E-state index in [1.54, 1.807) is 12.1 Å². The van der Waals surface area contributed by atoms with Crippen molar-refractivity contribution in [1.29, 1.82) is 0 Å². The van der Waals surface area contributed by atoms with Gasteiger partial charge in [0.05, 0.1) is 35.8 Å². The van der Waals surface area contributed by atoms with Gasteiger partial charge in [-0.3, -0.25) is 14.5 Å². The molecule has 2 aromatic carbocycles. The fraction of sp³-hybridized carbons (Fsp3) is 0.400. The molecule has 1 aromatic heterocycles. The minimum atomic E-state index is -0.379. The number of carbonyl (C=O) groups is 2. The zero-order chi connectivity index (χ0) is 22.1. The van der Waals surface area contributed by atoms with Crippen LogP contribution in [0.2, 0.25) is 0 Å². The maximum atomic E-state index is 13.2. The van der Waals surface area contributed by atoms with E-state index in [0.29, 0.717) is 18.2 Å². The molecule has 3 heterocycles. The van der Waals surface area contributed by atoms with Crippen LogP contribution in [0.1, 0.15) is 44.3 Å². The predicted molar refractivity (Wildman–Crippen MR) is 123 cm³/mol. The Morgan fingerprint density at radius 3 is 2.53 bits per heavy atom. The lowest BCUT2D eigenvalue weighted by Crippen LogP contribution is -2.45. The second-order valence-electron chi connectivity index (χ2n) is 8.58. The molecule has 7 nitrogen and oxygen atoms in total. The van der Waals surface area contributed by atoms with Crippen molar-refractivity contribution in [2.45, 2.75) is 44.6 Å². The maximum absolute atomic E-state index is 13.2. The molecule has 1 N–H and O–H groups in total. The number of H-pyrrole nitrogens is 1. The Hall–Kier alpha value is -3.19. The second-order valence-corrected chi connectivity index (χ2v) is 8.58. The number of nitrogens with zero attached hydrogens (tertiary/aromatic N) is 3. The number of ether oxygens (including phenoxy) is 1. The fourth-order valence-electron chi connectivity index (χ4n) is 4.73. The molecule has 166 valence electrons. The van der Waals surface area contributed by atoms with Gasteiger partial charge < -0.3 is 9.72 Å². The summed E-state index contributed by atoms with van der Waals surface area (Å²) in [6.07, 6.45) is 3.00. The first-order valence-electron chi connectivity index (χ1n) is 11.4. The van der Waals surface area contributed by atoms with E-state index >= 15 is 0 Å². The number of rotatable bonds is 6. The van der Waals surface area contributed by atoms with Crippen LogP contribution in [0, 0.1) is 0 Å². The van der Waals surface area contributed by atoms with Crippen molar-refractivity contribution in [2.75, 3.05) is 24.6 Å². The molecule has 2 amide bonds. The number of benzene rings is 2. The highest BCUT2D eigenvalue weighted by Crippen LogP contribution is 2.32. The van der Waals surface area contributed by atoms with Crippen molar-refractivity contribution in [3.8, 4) is 5.75 Å². The number of aromatic nitrogens is 2. The summed E-state index contributed by atoms with van der Waals surface area (Å²) in [5, 5.41) is 0. The number of imidazole rings is 1. The zero-order valence-electron chi connectivity index (χ0n) is 18.3. The van der Waals surface area contributed by atoms with Crippen molar-refractivity contribution < 1.29 is 14.3 Å². The summed E-state index contributed by atoms with van der Waals surface area (Å²) in [6.45, 7) is 4.26. The van der Waals surface area contributed by atoms with E-state index in [4.69, 9.17) is 9.72 Å². The summed E-state index contributed by atoms with van der Waals surface area (Å²) in [4.78, 5) is 37.6. The minimum absolute atomic E-state index is 0.126. The van der Waals surface area contributed by atoms with Crippen LogP contribution in [0.5, 0.6) is 5.75 Å². The smallest absolute Gasteiger partial charge is 0.251 e. The molecule has 5 rings (SSSR count). The second kappa shape index (κ2) is 8.74. The molecule has 3 aromatic rings. The molecule has 2 saturated heterocycles. The van der Waals surface area contributed by atoms with Crippen molar-refractivity contribution in [3.63, 3.8) is 0 Å². The number of likely N-dealkylation sites (tertiary alicyclic amines) is 1. The third kappa shape index (κ3) is 3.88. The molecule has 0 spiro atoms. The first-order valence-corrected chi connectivity index (χ1v) is 11.4.